The Balaban J connectivity index is 1.23. The fourth-order valence-corrected chi connectivity index (χ4v) is 4.00. The number of benzene rings is 1. The van der Waals surface area contributed by atoms with E-state index in [0.29, 0.717) is 57.1 Å². The molecule has 0 saturated carbocycles. The van der Waals surface area contributed by atoms with E-state index in [1.165, 1.54) is 11.3 Å². The fourth-order valence-electron chi connectivity index (χ4n) is 3.37. The number of thiophene rings is 1. The zero-order valence-corrected chi connectivity index (χ0v) is 17.3. The molecule has 1 fully saturated rings. The second-order valence-electron chi connectivity index (χ2n) is 6.97. The summed E-state index contributed by atoms with van der Waals surface area (Å²) in [4.78, 5) is 28.4. The van der Waals surface area contributed by atoms with E-state index in [9.17, 15) is 9.59 Å². The van der Waals surface area contributed by atoms with Gasteiger partial charge in [0.05, 0.1) is 5.69 Å². The molecule has 1 N–H and O–H groups in total. The van der Waals surface area contributed by atoms with Crippen molar-refractivity contribution >= 4 is 29.1 Å². The number of hydrogen-bond acceptors (Lipinski definition) is 7. The molecule has 0 bridgehead atoms. The number of amides is 2. The highest BCUT2D eigenvalue weighted by molar-refractivity contribution is 7.08. The number of hydrogen-bond donors (Lipinski definition) is 1. The van der Waals surface area contributed by atoms with Crippen molar-refractivity contribution in [3.05, 3.63) is 52.7 Å². The van der Waals surface area contributed by atoms with Gasteiger partial charge in [0.2, 0.25) is 11.9 Å². The SMILES string of the molecule is O=C(NCCCC(=O)N1CCN(c2nnnn2-c2ccccc2)CC1)c1ccsc1. The predicted octanol–water partition coefficient (Wildman–Crippen LogP) is 1.58. The van der Waals surface area contributed by atoms with Crippen LogP contribution in [0.5, 0.6) is 0 Å². The number of anilines is 1. The molecule has 0 radical (unpaired) electrons. The van der Waals surface area contributed by atoms with Gasteiger partial charge in [-0.25, -0.2) is 0 Å². The molecule has 2 amide bonds. The van der Waals surface area contributed by atoms with Gasteiger partial charge in [-0.15, -0.1) is 0 Å². The molecule has 0 atom stereocenters. The van der Waals surface area contributed by atoms with E-state index in [-0.39, 0.29) is 11.8 Å². The molecular formula is C20H23N7O2S. The average Bonchev–Trinajstić information content (AvgIpc) is 3.50. The molecule has 9 nitrogen and oxygen atoms in total. The van der Waals surface area contributed by atoms with Crippen LogP contribution in [0.3, 0.4) is 0 Å². The molecule has 10 heteroatoms. The Morgan fingerprint density at radius 1 is 1.07 bits per heavy atom. The summed E-state index contributed by atoms with van der Waals surface area (Å²) in [7, 11) is 0. The summed E-state index contributed by atoms with van der Waals surface area (Å²) in [6, 6.07) is 11.5. The third-order valence-electron chi connectivity index (χ3n) is 5.01. The van der Waals surface area contributed by atoms with Gasteiger partial charge in [0.25, 0.3) is 5.91 Å². The standard InChI is InChI=1S/C20H23N7O2S/c28-18(7-4-9-21-19(29)16-8-14-30-15-16)25-10-12-26(13-11-25)20-22-23-24-27(20)17-5-2-1-3-6-17/h1-3,5-6,8,14-15H,4,7,9-13H2,(H,21,29). The van der Waals surface area contributed by atoms with Crippen LogP contribution >= 0.6 is 11.3 Å². The van der Waals surface area contributed by atoms with Crippen LogP contribution in [0.2, 0.25) is 0 Å². The number of nitrogens with zero attached hydrogens (tertiary/aromatic N) is 6. The topological polar surface area (TPSA) is 96.2 Å². The molecule has 1 aliphatic heterocycles. The van der Waals surface area contributed by atoms with Crippen LogP contribution in [0.15, 0.2) is 47.2 Å². The lowest BCUT2D eigenvalue weighted by molar-refractivity contribution is -0.131. The normalized spacial score (nSPS) is 14.0. The van der Waals surface area contributed by atoms with Crippen molar-refractivity contribution in [2.45, 2.75) is 12.8 Å². The number of aromatic nitrogens is 4. The number of rotatable bonds is 7. The van der Waals surface area contributed by atoms with Crippen molar-refractivity contribution in [3.8, 4) is 5.69 Å². The molecular weight excluding hydrogens is 402 g/mol. The summed E-state index contributed by atoms with van der Waals surface area (Å²) >= 11 is 1.49. The maximum Gasteiger partial charge on any atom is 0.252 e. The monoisotopic (exact) mass is 425 g/mol. The first-order valence-electron chi connectivity index (χ1n) is 9.89. The van der Waals surface area contributed by atoms with Gasteiger partial charge < -0.3 is 15.1 Å². The molecule has 3 heterocycles. The number of nitrogens with one attached hydrogen (secondary N) is 1. The van der Waals surface area contributed by atoms with Crippen LogP contribution in [-0.4, -0.2) is 69.6 Å². The first kappa shape index (κ1) is 20.0. The minimum absolute atomic E-state index is 0.0894. The molecule has 0 aliphatic carbocycles. The van der Waals surface area contributed by atoms with Crippen LogP contribution in [0.1, 0.15) is 23.2 Å². The van der Waals surface area contributed by atoms with E-state index in [0.717, 1.165) is 5.69 Å². The molecule has 156 valence electrons. The number of para-hydroxylation sites is 1. The Morgan fingerprint density at radius 2 is 1.87 bits per heavy atom. The first-order chi connectivity index (χ1) is 14.7. The van der Waals surface area contributed by atoms with Gasteiger partial charge in [0.15, 0.2) is 0 Å². The lowest BCUT2D eigenvalue weighted by atomic mass is 10.2. The van der Waals surface area contributed by atoms with Crippen molar-refractivity contribution in [2.75, 3.05) is 37.6 Å². The highest BCUT2D eigenvalue weighted by atomic mass is 32.1. The molecule has 1 saturated heterocycles. The third kappa shape index (κ3) is 4.65. The van der Waals surface area contributed by atoms with E-state index in [1.54, 1.807) is 10.7 Å². The molecule has 4 rings (SSSR count). The number of piperazine rings is 1. The lowest BCUT2D eigenvalue weighted by Gasteiger charge is -2.34. The Labute approximate surface area is 178 Å². The summed E-state index contributed by atoms with van der Waals surface area (Å²) in [5.74, 6) is 0.708. The van der Waals surface area contributed by atoms with Crippen molar-refractivity contribution in [2.24, 2.45) is 0 Å². The molecule has 1 aromatic carbocycles. The zero-order valence-electron chi connectivity index (χ0n) is 16.5. The van der Waals surface area contributed by atoms with E-state index >= 15 is 0 Å². The Kier molecular flexibility index (Phi) is 6.33. The van der Waals surface area contributed by atoms with Crippen molar-refractivity contribution in [1.82, 2.24) is 30.4 Å². The quantitative estimate of drug-likeness (QED) is 0.578. The second-order valence-corrected chi connectivity index (χ2v) is 7.75. The summed E-state index contributed by atoms with van der Waals surface area (Å²) < 4.78 is 1.72. The van der Waals surface area contributed by atoms with E-state index < -0.39 is 0 Å². The van der Waals surface area contributed by atoms with Gasteiger partial charge in [0, 0.05) is 50.1 Å². The van der Waals surface area contributed by atoms with Crippen LogP contribution < -0.4 is 10.2 Å². The summed E-state index contributed by atoms with van der Waals surface area (Å²) in [5.41, 5.74) is 1.57. The maximum absolute atomic E-state index is 12.5. The van der Waals surface area contributed by atoms with Crippen molar-refractivity contribution < 1.29 is 9.59 Å². The average molecular weight is 426 g/mol. The zero-order chi connectivity index (χ0) is 20.8. The van der Waals surface area contributed by atoms with Gasteiger partial charge in [0.1, 0.15) is 0 Å². The number of carbonyl (C=O) groups is 2. The van der Waals surface area contributed by atoms with Crippen molar-refractivity contribution in [1.29, 1.82) is 0 Å². The predicted molar refractivity (Wildman–Crippen MR) is 114 cm³/mol. The Morgan fingerprint density at radius 3 is 2.60 bits per heavy atom. The summed E-state index contributed by atoms with van der Waals surface area (Å²) in [5, 5.41) is 18.6. The van der Waals surface area contributed by atoms with Gasteiger partial charge in [-0.05, 0) is 40.4 Å². The Hall–Kier alpha value is -3.27. The lowest BCUT2D eigenvalue weighted by Crippen LogP contribution is -2.49. The smallest absolute Gasteiger partial charge is 0.252 e. The molecule has 2 aromatic heterocycles. The van der Waals surface area contributed by atoms with E-state index in [4.69, 9.17) is 0 Å². The maximum atomic E-state index is 12.5. The highest BCUT2D eigenvalue weighted by Crippen LogP contribution is 2.17. The minimum Gasteiger partial charge on any atom is -0.352 e. The molecule has 3 aromatic rings. The first-order valence-corrected chi connectivity index (χ1v) is 10.8. The summed E-state index contributed by atoms with van der Waals surface area (Å²) in [6.07, 6.45) is 1.05. The Bertz CT molecular complexity index is 966. The third-order valence-corrected chi connectivity index (χ3v) is 5.69. The van der Waals surface area contributed by atoms with Crippen LogP contribution in [0.4, 0.5) is 5.95 Å². The molecule has 0 unspecified atom stereocenters. The van der Waals surface area contributed by atoms with E-state index in [2.05, 4.69) is 25.7 Å². The molecule has 1 aliphatic rings. The number of carbonyl (C=O) groups excluding carboxylic acids is 2. The van der Waals surface area contributed by atoms with Gasteiger partial charge in [-0.3, -0.25) is 9.59 Å². The fraction of sp³-hybridized carbons (Fsp3) is 0.350. The summed E-state index contributed by atoms with van der Waals surface area (Å²) in [6.45, 7) is 3.09. The van der Waals surface area contributed by atoms with Crippen LogP contribution in [0.25, 0.3) is 5.69 Å². The van der Waals surface area contributed by atoms with Gasteiger partial charge in [-0.2, -0.15) is 16.0 Å². The van der Waals surface area contributed by atoms with Crippen LogP contribution in [-0.2, 0) is 4.79 Å². The minimum atomic E-state index is -0.0894. The highest BCUT2D eigenvalue weighted by Gasteiger charge is 2.24. The number of tetrazole rings is 1. The molecule has 0 spiro atoms. The molecule has 30 heavy (non-hydrogen) atoms. The van der Waals surface area contributed by atoms with Gasteiger partial charge in [-0.1, -0.05) is 23.3 Å². The van der Waals surface area contributed by atoms with Crippen LogP contribution in [0, 0.1) is 0 Å². The largest absolute Gasteiger partial charge is 0.352 e. The second kappa shape index (κ2) is 9.49. The van der Waals surface area contributed by atoms with E-state index in [1.807, 2.05) is 46.0 Å². The van der Waals surface area contributed by atoms with Gasteiger partial charge >= 0.3 is 0 Å². The van der Waals surface area contributed by atoms with Crippen molar-refractivity contribution in [3.63, 3.8) is 0 Å².